The van der Waals surface area contributed by atoms with Gasteiger partial charge in [-0.3, -0.25) is 9.59 Å². The van der Waals surface area contributed by atoms with E-state index in [1.807, 2.05) is 13.8 Å². The molecule has 0 radical (unpaired) electrons. The molecule has 3 N–H and O–H groups in total. The molecule has 0 unspecified atom stereocenters. The molecule has 20 heavy (non-hydrogen) atoms. The highest BCUT2D eigenvalue weighted by atomic mass is 16.4. The molecule has 1 saturated carbocycles. The average molecular weight is 285 g/mol. The minimum absolute atomic E-state index is 0.0603. The normalized spacial score (nSPS) is 17.9. The first-order valence-corrected chi connectivity index (χ1v) is 7.54. The maximum absolute atomic E-state index is 12.3. The quantitative estimate of drug-likeness (QED) is 0.637. The Morgan fingerprint density at radius 1 is 1.15 bits per heavy atom. The summed E-state index contributed by atoms with van der Waals surface area (Å²) in [5.74, 6) is -0.968. The molecule has 1 rings (SSSR count). The number of aliphatic hydroxyl groups excluding tert-OH is 1. The molecule has 116 valence electrons. The minimum Gasteiger partial charge on any atom is -0.481 e. The molecule has 1 aliphatic rings. The van der Waals surface area contributed by atoms with Gasteiger partial charge in [-0.1, -0.05) is 26.7 Å². The summed E-state index contributed by atoms with van der Waals surface area (Å²) < 4.78 is 0. The molecular weight excluding hydrogens is 258 g/mol. The van der Waals surface area contributed by atoms with Crippen LogP contribution in [0.5, 0.6) is 0 Å². The van der Waals surface area contributed by atoms with Gasteiger partial charge >= 0.3 is 5.97 Å². The maximum Gasteiger partial charge on any atom is 0.303 e. The van der Waals surface area contributed by atoms with Gasteiger partial charge in [0.25, 0.3) is 0 Å². The molecule has 0 heterocycles. The van der Waals surface area contributed by atoms with Crippen molar-refractivity contribution < 1.29 is 19.8 Å². The number of carboxylic acid groups (broad SMARTS) is 1. The smallest absolute Gasteiger partial charge is 0.303 e. The lowest BCUT2D eigenvalue weighted by Gasteiger charge is -2.33. The zero-order valence-electron chi connectivity index (χ0n) is 12.6. The van der Waals surface area contributed by atoms with Gasteiger partial charge < -0.3 is 15.5 Å². The van der Waals surface area contributed by atoms with Gasteiger partial charge in [-0.15, -0.1) is 0 Å². The van der Waals surface area contributed by atoms with Gasteiger partial charge in [-0.25, -0.2) is 0 Å². The van der Waals surface area contributed by atoms with Gasteiger partial charge in [0.15, 0.2) is 0 Å². The summed E-state index contributed by atoms with van der Waals surface area (Å²) in [6.07, 6.45) is 5.23. The van der Waals surface area contributed by atoms with Crippen LogP contribution in [0.3, 0.4) is 0 Å². The van der Waals surface area contributed by atoms with E-state index in [4.69, 9.17) is 5.11 Å². The van der Waals surface area contributed by atoms with Gasteiger partial charge in [-0.05, 0) is 31.1 Å². The van der Waals surface area contributed by atoms with Crippen molar-refractivity contribution in [1.82, 2.24) is 5.32 Å². The van der Waals surface area contributed by atoms with E-state index in [-0.39, 0.29) is 25.4 Å². The molecular formula is C15H27NO4. The van der Waals surface area contributed by atoms with E-state index in [0.717, 1.165) is 25.7 Å². The van der Waals surface area contributed by atoms with Crippen molar-refractivity contribution in [2.24, 2.45) is 5.41 Å². The van der Waals surface area contributed by atoms with Crippen molar-refractivity contribution >= 4 is 11.9 Å². The highest BCUT2D eigenvalue weighted by molar-refractivity contribution is 5.79. The highest BCUT2D eigenvalue weighted by Gasteiger charge is 2.39. The van der Waals surface area contributed by atoms with Crippen molar-refractivity contribution in [3.63, 3.8) is 0 Å². The van der Waals surface area contributed by atoms with E-state index < -0.39 is 16.9 Å². The van der Waals surface area contributed by atoms with E-state index in [0.29, 0.717) is 12.8 Å². The predicted molar refractivity (Wildman–Crippen MR) is 76.3 cm³/mol. The Balaban J connectivity index is 2.69. The summed E-state index contributed by atoms with van der Waals surface area (Å²) in [5.41, 5.74) is -0.960. The fourth-order valence-electron chi connectivity index (χ4n) is 3.23. The molecule has 0 aliphatic heterocycles. The molecule has 1 amide bonds. The summed E-state index contributed by atoms with van der Waals surface area (Å²) >= 11 is 0. The number of carboxylic acids is 1. The molecule has 0 aromatic heterocycles. The van der Waals surface area contributed by atoms with Crippen LogP contribution in [0.2, 0.25) is 0 Å². The molecule has 0 aromatic carbocycles. The highest BCUT2D eigenvalue weighted by Crippen LogP contribution is 2.44. The molecule has 5 heteroatoms. The maximum atomic E-state index is 12.3. The minimum atomic E-state index is -0.834. The summed E-state index contributed by atoms with van der Waals surface area (Å²) in [6.45, 7) is 3.78. The van der Waals surface area contributed by atoms with Crippen LogP contribution in [0, 0.1) is 5.41 Å². The first kappa shape index (κ1) is 17.0. The third-order valence-electron chi connectivity index (χ3n) is 4.79. The first-order chi connectivity index (χ1) is 9.41. The van der Waals surface area contributed by atoms with Crippen molar-refractivity contribution in [1.29, 1.82) is 0 Å². The Kier molecular flexibility index (Phi) is 5.99. The van der Waals surface area contributed by atoms with Crippen LogP contribution < -0.4 is 5.32 Å². The Morgan fingerprint density at radius 3 is 2.10 bits per heavy atom. The van der Waals surface area contributed by atoms with E-state index in [9.17, 15) is 14.7 Å². The average Bonchev–Trinajstić information content (AvgIpc) is 2.83. The standard InChI is InChI=1S/C15H27NO4/c1-3-15(4-2,11-17)16-12(18)9-14(10-13(19)20)7-5-6-8-14/h17H,3-11H2,1-2H3,(H,16,18)(H,19,20). The molecule has 1 aliphatic carbocycles. The number of hydrogen-bond acceptors (Lipinski definition) is 3. The number of carbonyl (C=O) groups is 2. The summed E-state index contributed by atoms with van der Waals surface area (Å²) in [5, 5.41) is 21.5. The molecule has 0 aromatic rings. The Hall–Kier alpha value is -1.10. The Bertz CT molecular complexity index is 336. The number of rotatable bonds is 8. The third-order valence-corrected chi connectivity index (χ3v) is 4.79. The molecule has 0 saturated heterocycles. The predicted octanol–water partition coefficient (Wildman–Crippen LogP) is 2.08. The van der Waals surface area contributed by atoms with Crippen LogP contribution in [0.15, 0.2) is 0 Å². The molecule has 0 spiro atoms. The number of nitrogens with one attached hydrogen (secondary N) is 1. The lowest BCUT2D eigenvalue weighted by atomic mass is 9.79. The monoisotopic (exact) mass is 285 g/mol. The van der Waals surface area contributed by atoms with E-state index in [1.165, 1.54) is 0 Å². The van der Waals surface area contributed by atoms with E-state index >= 15 is 0 Å². The van der Waals surface area contributed by atoms with Crippen LogP contribution in [-0.2, 0) is 9.59 Å². The second kappa shape index (κ2) is 7.07. The van der Waals surface area contributed by atoms with Crippen LogP contribution in [0.25, 0.3) is 0 Å². The van der Waals surface area contributed by atoms with Gasteiger partial charge in [0, 0.05) is 6.42 Å². The summed E-state index contributed by atoms with van der Waals surface area (Å²) in [6, 6.07) is 0. The third kappa shape index (κ3) is 4.20. The second-order valence-electron chi connectivity index (χ2n) is 6.15. The first-order valence-electron chi connectivity index (χ1n) is 7.54. The zero-order valence-corrected chi connectivity index (χ0v) is 12.6. The van der Waals surface area contributed by atoms with Gasteiger partial charge in [-0.2, -0.15) is 0 Å². The molecule has 1 fully saturated rings. The van der Waals surface area contributed by atoms with Crippen molar-refractivity contribution in [3.8, 4) is 0 Å². The van der Waals surface area contributed by atoms with Crippen LogP contribution >= 0.6 is 0 Å². The number of amides is 1. The van der Waals surface area contributed by atoms with Crippen LogP contribution in [0.4, 0.5) is 0 Å². The topological polar surface area (TPSA) is 86.6 Å². The lowest BCUT2D eigenvalue weighted by molar-refractivity contribution is -0.140. The summed E-state index contributed by atoms with van der Waals surface area (Å²) in [4.78, 5) is 23.3. The fourth-order valence-corrected chi connectivity index (χ4v) is 3.23. The van der Waals surface area contributed by atoms with Gasteiger partial charge in [0.1, 0.15) is 0 Å². The van der Waals surface area contributed by atoms with Gasteiger partial charge in [0.2, 0.25) is 5.91 Å². The second-order valence-corrected chi connectivity index (χ2v) is 6.15. The lowest BCUT2D eigenvalue weighted by Crippen LogP contribution is -2.51. The van der Waals surface area contributed by atoms with Crippen LogP contribution in [-0.4, -0.2) is 34.2 Å². The Morgan fingerprint density at radius 2 is 1.70 bits per heavy atom. The largest absolute Gasteiger partial charge is 0.481 e. The number of aliphatic carboxylic acids is 1. The number of aliphatic hydroxyl groups is 1. The van der Waals surface area contributed by atoms with E-state index in [1.54, 1.807) is 0 Å². The molecule has 0 atom stereocenters. The summed E-state index contributed by atoms with van der Waals surface area (Å²) in [7, 11) is 0. The zero-order chi connectivity index (χ0) is 15.2. The van der Waals surface area contributed by atoms with Crippen molar-refractivity contribution in [3.05, 3.63) is 0 Å². The van der Waals surface area contributed by atoms with Crippen molar-refractivity contribution in [2.45, 2.75) is 70.8 Å². The SMILES string of the molecule is CCC(CC)(CO)NC(=O)CC1(CC(=O)O)CCCC1. The van der Waals surface area contributed by atoms with E-state index in [2.05, 4.69) is 5.32 Å². The molecule has 5 nitrogen and oxygen atoms in total. The molecule has 0 bridgehead atoms. The van der Waals surface area contributed by atoms with Gasteiger partial charge in [0.05, 0.1) is 18.6 Å². The fraction of sp³-hybridized carbons (Fsp3) is 0.867. The van der Waals surface area contributed by atoms with Crippen LogP contribution in [0.1, 0.15) is 65.2 Å². The number of hydrogen-bond donors (Lipinski definition) is 3. The van der Waals surface area contributed by atoms with Crippen molar-refractivity contribution in [2.75, 3.05) is 6.61 Å². The number of carbonyl (C=O) groups excluding carboxylic acids is 1. The Labute approximate surface area is 120 Å².